The molecule has 0 aliphatic carbocycles. The van der Waals surface area contributed by atoms with Gasteiger partial charge in [0.15, 0.2) is 0 Å². The van der Waals surface area contributed by atoms with Crippen LogP contribution in [0, 0.1) is 0 Å². The molecule has 13 aromatic carbocycles. The van der Waals surface area contributed by atoms with Crippen LogP contribution >= 0.6 is 0 Å². The van der Waals surface area contributed by atoms with Crippen molar-refractivity contribution in [2.24, 2.45) is 0 Å². The molecule has 70 heavy (non-hydrogen) atoms. The maximum absolute atomic E-state index is 2.45. The highest BCUT2D eigenvalue weighted by atomic mass is 15.1. The number of nitrogens with zero attached hydrogens (tertiary/aromatic N) is 2. The first kappa shape index (κ1) is 41.0. The third kappa shape index (κ3) is 7.22. The molecule has 13 rings (SSSR count). The van der Waals surface area contributed by atoms with Crippen molar-refractivity contribution in [1.29, 1.82) is 0 Å². The second-order valence-electron chi connectivity index (χ2n) is 18.1. The Morgan fingerprint density at radius 1 is 0.200 bits per heavy atom. The molecule has 0 aromatic heterocycles. The topological polar surface area (TPSA) is 6.48 Å². The predicted molar refractivity (Wildman–Crippen MR) is 300 cm³/mol. The van der Waals surface area contributed by atoms with Crippen molar-refractivity contribution < 1.29 is 0 Å². The molecule has 0 saturated heterocycles. The molecule has 0 bridgehead atoms. The number of fused-ring (bicyclic) bond motifs is 5. The van der Waals surface area contributed by atoms with Crippen LogP contribution in [-0.4, -0.2) is 0 Å². The minimum atomic E-state index is 1.09. The first-order chi connectivity index (χ1) is 34.7. The van der Waals surface area contributed by atoms with Crippen molar-refractivity contribution in [3.05, 3.63) is 279 Å². The van der Waals surface area contributed by atoms with E-state index in [1.165, 1.54) is 81.7 Å². The van der Waals surface area contributed by atoms with Crippen LogP contribution in [0.25, 0.3) is 87.2 Å². The molecule has 328 valence electrons. The summed E-state index contributed by atoms with van der Waals surface area (Å²) in [5, 5.41) is 12.1. The van der Waals surface area contributed by atoms with E-state index < -0.39 is 0 Å². The van der Waals surface area contributed by atoms with Crippen molar-refractivity contribution in [3.8, 4) is 33.4 Å². The van der Waals surface area contributed by atoms with E-state index in [0.29, 0.717) is 0 Å². The van der Waals surface area contributed by atoms with Crippen LogP contribution in [0.2, 0.25) is 0 Å². The molecule has 2 nitrogen and oxygen atoms in total. The summed E-state index contributed by atoms with van der Waals surface area (Å²) < 4.78 is 0. The van der Waals surface area contributed by atoms with Crippen LogP contribution in [0.1, 0.15) is 0 Å². The van der Waals surface area contributed by atoms with Crippen LogP contribution in [-0.2, 0) is 0 Å². The van der Waals surface area contributed by atoms with E-state index in [1.807, 2.05) is 0 Å². The highest BCUT2D eigenvalue weighted by molar-refractivity contribution is 6.25. The van der Waals surface area contributed by atoms with Gasteiger partial charge in [-0.2, -0.15) is 0 Å². The maximum atomic E-state index is 2.45. The van der Waals surface area contributed by atoms with Gasteiger partial charge in [-0.15, -0.1) is 0 Å². The average molecular weight is 891 g/mol. The fraction of sp³-hybridized carbons (Fsp3) is 0. The zero-order chi connectivity index (χ0) is 46.4. The minimum Gasteiger partial charge on any atom is -0.310 e. The van der Waals surface area contributed by atoms with E-state index >= 15 is 0 Å². The van der Waals surface area contributed by atoms with Gasteiger partial charge in [-0.3, -0.25) is 0 Å². The van der Waals surface area contributed by atoms with Crippen LogP contribution in [0.5, 0.6) is 0 Å². The molecule has 13 aromatic rings. The zero-order valence-corrected chi connectivity index (χ0v) is 38.5. The molecule has 0 N–H and O–H groups in total. The van der Waals surface area contributed by atoms with Gasteiger partial charge < -0.3 is 9.80 Å². The number of benzene rings is 13. The SMILES string of the molecule is c1ccc(N(c2ccccc2)c2ccc3c(-c4cccc5ccccc45)c4cc(N(c5ccccc5)c5cccc6ccccc56)ccc4c(-c4ccc(-c5ccc6ccccc6c5)cc4)c3c2)cc1. The zero-order valence-electron chi connectivity index (χ0n) is 38.5. The lowest BCUT2D eigenvalue weighted by molar-refractivity contribution is 1.29. The molecule has 0 saturated carbocycles. The molecule has 0 radical (unpaired) electrons. The summed E-state index contributed by atoms with van der Waals surface area (Å²) in [6, 6.07) is 102. The van der Waals surface area contributed by atoms with Crippen molar-refractivity contribution in [2.45, 2.75) is 0 Å². The van der Waals surface area contributed by atoms with Gasteiger partial charge in [0.25, 0.3) is 0 Å². The standard InChI is InChI=1S/C68H46N2/c1-4-24-54(25-5-1)69(55-26-6-2-7-27-55)57-40-43-63-64(45-57)67(51-37-34-48(35-38-51)53-39-36-47-18-10-11-21-52(47)44-53)62-42-41-58(46-65(62)68(63)61-32-16-22-49-19-12-14-30-59(49)61)70(56-28-8-3-9-29-56)66-33-17-23-50-20-13-15-31-60(50)66/h1-46H. The first-order valence-electron chi connectivity index (χ1n) is 24.1. The Kier molecular flexibility index (Phi) is 10.2. The van der Waals surface area contributed by atoms with Gasteiger partial charge in [0.1, 0.15) is 0 Å². The molecule has 0 aliphatic heterocycles. The van der Waals surface area contributed by atoms with Crippen LogP contribution in [0.15, 0.2) is 279 Å². The van der Waals surface area contributed by atoms with E-state index in [4.69, 9.17) is 0 Å². The molecule has 0 unspecified atom stereocenters. The van der Waals surface area contributed by atoms with Gasteiger partial charge in [0.2, 0.25) is 0 Å². The molecule has 0 heterocycles. The number of rotatable bonds is 9. The first-order valence-corrected chi connectivity index (χ1v) is 24.1. The van der Waals surface area contributed by atoms with Crippen LogP contribution < -0.4 is 9.80 Å². The number of anilines is 6. The second-order valence-corrected chi connectivity index (χ2v) is 18.1. The fourth-order valence-electron chi connectivity index (χ4n) is 10.7. The summed E-state index contributed by atoms with van der Waals surface area (Å²) in [6.07, 6.45) is 0. The number of hydrogen-bond donors (Lipinski definition) is 0. The monoisotopic (exact) mass is 890 g/mol. The molecule has 0 atom stereocenters. The van der Waals surface area contributed by atoms with E-state index in [1.54, 1.807) is 0 Å². The summed E-state index contributed by atoms with van der Waals surface area (Å²) >= 11 is 0. The average Bonchev–Trinajstić information content (AvgIpc) is 3.43. The normalized spacial score (nSPS) is 11.4. The van der Waals surface area contributed by atoms with E-state index in [0.717, 1.165) is 39.7 Å². The second kappa shape index (κ2) is 17.4. The molecule has 0 amide bonds. The van der Waals surface area contributed by atoms with Gasteiger partial charge in [-0.05, 0) is 155 Å². The van der Waals surface area contributed by atoms with Crippen LogP contribution in [0.4, 0.5) is 34.1 Å². The lowest BCUT2D eigenvalue weighted by atomic mass is 9.84. The molecule has 0 spiro atoms. The third-order valence-electron chi connectivity index (χ3n) is 14.0. The molecular formula is C68H46N2. The van der Waals surface area contributed by atoms with E-state index in [-0.39, 0.29) is 0 Å². The Morgan fingerprint density at radius 3 is 1.31 bits per heavy atom. The third-order valence-corrected chi connectivity index (χ3v) is 14.0. The highest BCUT2D eigenvalue weighted by Gasteiger charge is 2.23. The Morgan fingerprint density at radius 2 is 0.657 bits per heavy atom. The molecule has 0 aliphatic rings. The van der Waals surface area contributed by atoms with Gasteiger partial charge >= 0.3 is 0 Å². The van der Waals surface area contributed by atoms with Crippen LogP contribution in [0.3, 0.4) is 0 Å². The molecule has 0 fully saturated rings. The lowest BCUT2D eigenvalue weighted by Crippen LogP contribution is -2.10. The number of para-hydroxylation sites is 3. The van der Waals surface area contributed by atoms with Gasteiger partial charge in [-0.25, -0.2) is 0 Å². The van der Waals surface area contributed by atoms with Crippen molar-refractivity contribution >= 4 is 88.0 Å². The van der Waals surface area contributed by atoms with Crippen molar-refractivity contribution in [2.75, 3.05) is 9.80 Å². The number of hydrogen-bond acceptors (Lipinski definition) is 2. The van der Waals surface area contributed by atoms with Gasteiger partial charge in [-0.1, -0.05) is 206 Å². The maximum Gasteiger partial charge on any atom is 0.0540 e. The Balaban J connectivity index is 1.13. The Bertz CT molecular complexity index is 4000. The Hall–Kier alpha value is -9.24. The van der Waals surface area contributed by atoms with Gasteiger partial charge in [0, 0.05) is 33.8 Å². The quantitative estimate of drug-likeness (QED) is 0.133. The fourth-order valence-corrected chi connectivity index (χ4v) is 10.7. The largest absolute Gasteiger partial charge is 0.310 e. The minimum absolute atomic E-state index is 1.09. The van der Waals surface area contributed by atoms with Crippen molar-refractivity contribution in [1.82, 2.24) is 0 Å². The smallest absolute Gasteiger partial charge is 0.0540 e. The highest BCUT2D eigenvalue weighted by Crippen LogP contribution is 2.50. The summed E-state index contributed by atoms with van der Waals surface area (Å²) in [5.41, 5.74) is 13.8. The Labute approximate surface area is 408 Å². The lowest BCUT2D eigenvalue weighted by Gasteiger charge is -2.29. The van der Waals surface area contributed by atoms with E-state index in [2.05, 4.69) is 289 Å². The van der Waals surface area contributed by atoms with Gasteiger partial charge in [0.05, 0.1) is 5.69 Å². The summed E-state index contributed by atoms with van der Waals surface area (Å²) in [4.78, 5) is 4.80. The molecule has 2 heteroatoms. The van der Waals surface area contributed by atoms with Crippen molar-refractivity contribution in [3.63, 3.8) is 0 Å². The molecular weight excluding hydrogens is 845 g/mol. The van der Waals surface area contributed by atoms with E-state index in [9.17, 15) is 0 Å². The summed E-state index contributed by atoms with van der Waals surface area (Å²) in [7, 11) is 0. The summed E-state index contributed by atoms with van der Waals surface area (Å²) in [5.74, 6) is 0. The predicted octanol–water partition coefficient (Wildman–Crippen LogP) is 19.4. The summed E-state index contributed by atoms with van der Waals surface area (Å²) in [6.45, 7) is 0.